The second-order valence-corrected chi connectivity index (χ2v) is 5.65. The summed E-state index contributed by atoms with van der Waals surface area (Å²) in [6.07, 6.45) is -0.0173. The summed E-state index contributed by atoms with van der Waals surface area (Å²) in [5.41, 5.74) is 1.49. The molecule has 1 heterocycles. The molecular weight excluding hydrogens is 318 g/mol. The molecule has 1 unspecified atom stereocenters. The van der Waals surface area contributed by atoms with Gasteiger partial charge in [-0.05, 0) is 47.1 Å². The lowest BCUT2D eigenvalue weighted by atomic mass is 10.1. The number of ether oxygens (including phenoxy) is 1. The Morgan fingerprint density at radius 1 is 1.20 bits per heavy atom. The quantitative estimate of drug-likeness (QED) is 0.793. The van der Waals surface area contributed by atoms with Crippen molar-refractivity contribution in [3.05, 3.63) is 58.6 Å². The molecule has 4 heteroatoms. The number of hydrogen-bond acceptors (Lipinski definition) is 2. The molecule has 0 radical (unpaired) electrons. The highest BCUT2D eigenvalue weighted by atomic mass is 79.9. The minimum absolute atomic E-state index is 0.0138. The zero-order valence-corrected chi connectivity index (χ0v) is 12.6. The Labute approximate surface area is 126 Å². The van der Waals surface area contributed by atoms with E-state index in [-0.39, 0.29) is 12.0 Å². The highest BCUT2D eigenvalue weighted by Gasteiger charge is 2.28. The Kier molecular flexibility index (Phi) is 3.49. The van der Waals surface area contributed by atoms with Crippen LogP contribution in [0.5, 0.6) is 5.75 Å². The summed E-state index contributed by atoms with van der Waals surface area (Å²) in [5.74, 6) is 0.742. The molecule has 2 aromatic rings. The minimum atomic E-state index is -0.0173. The van der Waals surface area contributed by atoms with Gasteiger partial charge < -0.3 is 9.64 Å². The lowest BCUT2D eigenvalue weighted by Crippen LogP contribution is -2.42. The van der Waals surface area contributed by atoms with Gasteiger partial charge in [0, 0.05) is 4.47 Å². The molecule has 1 atom stereocenters. The zero-order valence-electron chi connectivity index (χ0n) is 11.0. The fourth-order valence-electron chi connectivity index (χ4n) is 2.36. The Bertz CT molecular complexity index is 656. The van der Waals surface area contributed by atoms with E-state index in [2.05, 4.69) is 15.9 Å². The van der Waals surface area contributed by atoms with E-state index in [0.29, 0.717) is 12.1 Å². The lowest BCUT2D eigenvalue weighted by molar-refractivity contribution is 0.0960. The van der Waals surface area contributed by atoms with Crippen LogP contribution in [-0.4, -0.2) is 18.6 Å². The molecule has 102 valence electrons. The molecule has 0 aliphatic carbocycles. The molecule has 0 N–H and O–H groups in total. The van der Waals surface area contributed by atoms with Crippen LogP contribution in [0, 0.1) is 0 Å². The van der Waals surface area contributed by atoms with Gasteiger partial charge in [0.25, 0.3) is 5.91 Å². The molecule has 0 spiro atoms. The Hall–Kier alpha value is -1.81. The average Bonchev–Trinajstić information content (AvgIpc) is 2.46. The van der Waals surface area contributed by atoms with Gasteiger partial charge in [-0.3, -0.25) is 4.79 Å². The maximum Gasteiger partial charge on any atom is 0.259 e. The molecule has 1 amide bonds. The Morgan fingerprint density at radius 2 is 1.90 bits per heavy atom. The normalized spacial score (nSPS) is 17.3. The van der Waals surface area contributed by atoms with Crippen LogP contribution in [0.25, 0.3) is 0 Å². The van der Waals surface area contributed by atoms with Gasteiger partial charge >= 0.3 is 0 Å². The number of carbonyl (C=O) groups is 1. The van der Waals surface area contributed by atoms with Crippen LogP contribution in [0.2, 0.25) is 0 Å². The van der Waals surface area contributed by atoms with Crippen LogP contribution in [0.1, 0.15) is 17.3 Å². The van der Waals surface area contributed by atoms with Gasteiger partial charge in [0.15, 0.2) is 0 Å². The maximum absolute atomic E-state index is 12.8. The molecular formula is C16H14BrNO2. The van der Waals surface area contributed by atoms with Crippen molar-refractivity contribution >= 4 is 27.5 Å². The Balaban J connectivity index is 2.02. The van der Waals surface area contributed by atoms with Crippen molar-refractivity contribution in [2.24, 2.45) is 0 Å². The molecule has 0 aromatic heterocycles. The number of halogens is 1. The molecule has 0 fully saturated rings. The molecule has 0 saturated heterocycles. The summed E-state index contributed by atoms with van der Waals surface area (Å²) in [6, 6.07) is 15.1. The number of para-hydroxylation sites is 2. The van der Waals surface area contributed by atoms with E-state index in [1.54, 1.807) is 4.90 Å². The fourth-order valence-corrected chi connectivity index (χ4v) is 2.82. The summed E-state index contributed by atoms with van der Waals surface area (Å²) in [5, 5.41) is 0. The van der Waals surface area contributed by atoms with Crippen LogP contribution in [0.4, 0.5) is 5.69 Å². The number of carbonyl (C=O) groups excluding carboxylic acids is 1. The summed E-state index contributed by atoms with van der Waals surface area (Å²) in [7, 11) is 0. The van der Waals surface area contributed by atoms with Crippen molar-refractivity contribution in [2.75, 3.05) is 11.4 Å². The number of nitrogens with zero attached hydrogens (tertiary/aromatic N) is 1. The molecule has 3 rings (SSSR count). The van der Waals surface area contributed by atoms with Crippen molar-refractivity contribution in [2.45, 2.75) is 13.0 Å². The van der Waals surface area contributed by atoms with Gasteiger partial charge in [-0.15, -0.1) is 0 Å². The van der Waals surface area contributed by atoms with Gasteiger partial charge in [0.05, 0.1) is 17.8 Å². The van der Waals surface area contributed by atoms with Crippen molar-refractivity contribution in [1.82, 2.24) is 0 Å². The van der Waals surface area contributed by atoms with Crippen LogP contribution in [0.3, 0.4) is 0 Å². The van der Waals surface area contributed by atoms with Crippen LogP contribution < -0.4 is 9.64 Å². The van der Waals surface area contributed by atoms with Gasteiger partial charge in [-0.2, -0.15) is 0 Å². The molecule has 1 aliphatic heterocycles. The third-order valence-corrected chi connectivity index (χ3v) is 3.96. The highest BCUT2D eigenvalue weighted by molar-refractivity contribution is 9.10. The molecule has 20 heavy (non-hydrogen) atoms. The maximum atomic E-state index is 12.8. The molecule has 0 bridgehead atoms. The number of amides is 1. The number of rotatable bonds is 1. The molecule has 2 aromatic carbocycles. The number of hydrogen-bond donors (Lipinski definition) is 0. The zero-order chi connectivity index (χ0) is 14.1. The van der Waals surface area contributed by atoms with E-state index < -0.39 is 0 Å². The van der Waals surface area contributed by atoms with Gasteiger partial charge in [0.2, 0.25) is 0 Å². The van der Waals surface area contributed by atoms with E-state index >= 15 is 0 Å². The first kappa shape index (κ1) is 13.2. The van der Waals surface area contributed by atoms with E-state index in [4.69, 9.17) is 4.74 Å². The SMILES string of the molecule is CC1CN(C(=O)c2ccccc2Br)c2ccccc2O1. The van der Waals surface area contributed by atoms with Gasteiger partial charge in [-0.25, -0.2) is 0 Å². The van der Waals surface area contributed by atoms with Crippen molar-refractivity contribution in [3.8, 4) is 5.75 Å². The van der Waals surface area contributed by atoms with Crippen LogP contribution >= 0.6 is 15.9 Å². The standard InChI is InChI=1S/C16H14BrNO2/c1-11-10-18(14-8-4-5-9-15(14)20-11)16(19)12-6-2-3-7-13(12)17/h2-9,11H,10H2,1H3. The summed E-state index contributed by atoms with van der Waals surface area (Å²) in [6.45, 7) is 2.52. The highest BCUT2D eigenvalue weighted by Crippen LogP contribution is 2.34. The number of fused-ring (bicyclic) bond motifs is 1. The van der Waals surface area contributed by atoms with E-state index in [1.807, 2.05) is 55.5 Å². The largest absolute Gasteiger partial charge is 0.487 e. The predicted octanol–water partition coefficient (Wildman–Crippen LogP) is 3.88. The van der Waals surface area contributed by atoms with Gasteiger partial charge in [-0.1, -0.05) is 24.3 Å². The van der Waals surface area contributed by atoms with Crippen molar-refractivity contribution in [1.29, 1.82) is 0 Å². The smallest absolute Gasteiger partial charge is 0.259 e. The van der Waals surface area contributed by atoms with E-state index in [0.717, 1.165) is 15.9 Å². The minimum Gasteiger partial charge on any atom is -0.487 e. The number of benzene rings is 2. The Morgan fingerprint density at radius 3 is 2.70 bits per heavy atom. The predicted molar refractivity (Wildman–Crippen MR) is 82.4 cm³/mol. The van der Waals surface area contributed by atoms with Gasteiger partial charge in [0.1, 0.15) is 11.9 Å². The first-order valence-electron chi connectivity index (χ1n) is 6.49. The summed E-state index contributed by atoms with van der Waals surface area (Å²) in [4.78, 5) is 14.6. The van der Waals surface area contributed by atoms with Crippen LogP contribution in [-0.2, 0) is 0 Å². The summed E-state index contributed by atoms with van der Waals surface area (Å²) >= 11 is 3.44. The first-order chi connectivity index (χ1) is 9.66. The van der Waals surface area contributed by atoms with Crippen molar-refractivity contribution in [3.63, 3.8) is 0 Å². The summed E-state index contributed by atoms with van der Waals surface area (Å²) < 4.78 is 6.58. The monoisotopic (exact) mass is 331 g/mol. The third-order valence-electron chi connectivity index (χ3n) is 3.27. The molecule has 0 saturated carbocycles. The van der Waals surface area contributed by atoms with Crippen LogP contribution in [0.15, 0.2) is 53.0 Å². The third kappa shape index (κ3) is 2.31. The van der Waals surface area contributed by atoms with Crippen molar-refractivity contribution < 1.29 is 9.53 Å². The number of anilines is 1. The second kappa shape index (κ2) is 5.29. The molecule has 1 aliphatic rings. The molecule has 3 nitrogen and oxygen atoms in total. The fraction of sp³-hybridized carbons (Fsp3) is 0.188. The topological polar surface area (TPSA) is 29.5 Å². The average molecular weight is 332 g/mol. The second-order valence-electron chi connectivity index (χ2n) is 4.79. The first-order valence-corrected chi connectivity index (χ1v) is 7.28. The van der Waals surface area contributed by atoms with E-state index in [1.165, 1.54) is 0 Å². The lowest BCUT2D eigenvalue weighted by Gasteiger charge is -2.33. The van der Waals surface area contributed by atoms with E-state index in [9.17, 15) is 4.79 Å².